The maximum Gasteiger partial charge on any atom is 0.260 e. The lowest BCUT2D eigenvalue weighted by atomic mass is 9.78. The van der Waals surface area contributed by atoms with E-state index < -0.39 is 10.0 Å². The van der Waals surface area contributed by atoms with Gasteiger partial charge in [-0.3, -0.25) is 0 Å². The van der Waals surface area contributed by atoms with Crippen molar-refractivity contribution in [1.82, 2.24) is 14.3 Å². The predicted octanol–water partition coefficient (Wildman–Crippen LogP) is 2.04. The number of halogens is 1. The topological polar surface area (TPSA) is 64.0 Å². The lowest BCUT2D eigenvalue weighted by molar-refractivity contribution is 0.241. The summed E-state index contributed by atoms with van der Waals surface area (Å²) in [5.74, 6) is 0.540. The van der Waals surface area contributed by atoms with Crippen LogP contribution in [0.3, 0.4) is 0 Å². The van der Waals surface area contributed by atoms with Gasteiger partial charge in [-0.25, -0.2) is 18.1 Å². The molecule has 1 aliphatic carbocycles. The molecule has 1 aromatic rings. The summed E-state index contributed by atoms with van der Waals surface area (Å²) < 4.78 is 29.3. The van der Waals surface area contributed by atoms with Crippen molar-refractivity contribution in [1.29, 1.82) is 0 Å². The number of alkyl halides is 1. The molecule has 19 heavy (non-hydrogen) atoms. The second kappa shape index (κ2) is 5.54. The van der Waals surface area contributed by atoms with E-state index in [2.05, 4.69) is 32.6 Å². The number of hydrogen-bond donors (Lipinski definition) is 1. The Balaban J connectivity index is 2.22. The molecule has 2 rings (SSSR count). The second-order valence-corrected chi connectivity index (χ2v) is 7.79. The van der Waals surface area contributed by atoms with Crippen LogP contribution in [0.25, 0.3) is 0 Å². The Morgan fingerprint density at radius 2 is 2.37 bits per heavy atom. The van der Waals surface area contributed by atoms with Crippen LogP contribution in [0.15, 0.2) is 17.6 Å². The summed E-state index contributed by atoms with van der Waals surface area (Å²) in [7, 11) is -1.79. The van der Waals surface area contributed by atoms with Crippen LogP contribution in [0.5, 0.6) is 0 Å². The van der Waals surface area contributed by atoms with E-state index in [9.17, 15) is 8.42 Å². The van der Waals surface area contributed by atoms with Crippen molar-refractivity contribution in [2.75, 3.05) is 5.33 Å². The number of aromatic nitrogens is 2. The van der Waals surface area contributed by atoms with E-state index in [1.54, 1.807) is 11.6 Å². The highest BCUT2D eigenvalue weighted by molar-refractivity contribution is 9.09. The van der Waals surface area contributed by atoms with Crippen LogP contribution in [0.1, 0.15) is 32.6 Å². The van der Waals surface area contributed by atoms with Gasteiger partial charge in [0.1, 0.15) is 0 Å². The van der Waals surface area contributed by atoms with Crippen LogP contribution in [0, 0.1) is 5.92 Å². The minimum absolute atomic E-state index is 0.0913. The summed E-state index contributed by atoms with van der Waals surface area (Å²) in [5.41, 5.74) is -0.381. The number of nitrogens with zero attached hydrogens (tertiary/aromatic N) is 2. The molecule has 2 unspecified atom stereocenters. The molecule has 7 heteroatoms. The Bertz CT molecular complexity index is 543. The van der Waals surface area contributed by atoms with E-state index in [1.807, 2.05) is 0 Å². The number of rotatable bonds is 4. The monoisotopic (exact) mass is 349 g/mol. The Labute approximate surface area is 123 Å². The summed E-state index contributed by atoms with van der Waals surface area (Å²) in [6.45, 7) is 2.17. The SMILES string of the molecule is CC1CCCC(CBr)(NS(=O)(=O)c2cn(C)cn2)C1. The normalized spacial score (nSPS) is 28.5. The average molecular weight is 350 g/mol. The molecule has 108 valence electrons. The van der Waals surface area contributed by atoms with Gasteiger partial charge in [0.2, 0.25) is 0 Å². The van der Waals surface area contributed by atoms with Gasteiger partial charge < -0.3 is 4.57 Å². The molecule has 1 saturated carbocycles. The summed E-state index contributed by atoms with van der Waals surface area (Å²) in [4.78, 5) is 3.93. The lowest BCUT2D eigenvalue weighted by Gasteiger charge is -2.38. The third-order valence-electron chi connectivity index (χ3n) is 3.65. The van der Waals surface area contributed by atoms with Gasteiger partial charge in [0.15, 0.2) is 5.03 Å². The van der Waals surface area contributed by atoms with Crippen LogP contribution in [0.4, 0.5) is 0 Å². The van der Waals surface area contributed by atoms with Crippen molar-refractivity contribution in [3.8, 4) is 0 Å². The largest absolute Gasteiger partial charge is 0.339 e. The molecule has 1 aromatic heterocycles. The van der Waals surface area contributed by atoms with Gasteiger partial charge in [-0.05, 0) is 18.8 Å². The standard InChI is InChI=1S/C12H20BrN3O2S/c1-10-4-3-5-12(6-10,8-13)15-19(17,18)11-7-16(2)9-14-11/h7,9-10,15H,3-6,8H2,1-2H3. The van der Waals surface area contributed by atoms with Crippen LogP contribution in [0.2, 0.25) is 0 Å². The number of imidazole rings is 1. The smallest absolute Gasteiger partial charge is 0.260 e. The maximum atomic E-state index is 12.4. The minimum atomic E-state index is -3.54. The van der Waals surface area contributed by atoms with E-state index in [4.69, 9.17) is 0 Å². The highest BCUT2D eigenvalue weighted by Crippen LogP contribution is 2.34. The average Bonchev–Trinajstić information content (AvgIpc) is 2.76. The van der Waals surface area contributed by atoms with Gasteiger partial charge >= 0.3 is 0 Å². The minimum Gasteiger partial charge on any atom is -0.339 e. The van der Waals surface area contributed by atoms with E-state index in [0.29, 0.717) is 11.2 Å². The molecule has 0 radical (unpaired) electrons. The second-order valence-electron chi connectivity index (χ2n) is 5.60. The fraction of sp³-hybridized carbons (Fsp3) is 0.750. The van der Waals surface area contributed by atoms with Gasteiger partial charge in [0, 0.05) is 24.1 Å². The molecule has 1 heterocycles. The van der Waals surface area contributed by atoms with Gasteiger partial charge in [-0.15, -0.1) is 0 Å². The molecule has 0 saturated heterocycles. The van der Waals surface area contributed by atoms with Gasteiger partial charge in [0.05, 0.1) is 6.33 Å². The Morgan fingerprint density at radius 3 is 2.89 bits per heavy atom. The molecule has 0 spiro atoms. The molecule has 0 aromatic carbocycles. The van der Waals surface area contributed by atoms with Gasteiger partial charge in [0.25, 0.3) is 10.0 Å². The predicted molar refractivity (Wildman–Crippen MR) is 77.7 cm³/mol. The number of sulfonamides is 1. The quantitative estimate of drug-likeness (QED) is 0.846. The van der Waals surface area contributed by atoms with Crippen molar-refractivity contribution < 1.29 is 8.42 Å². The molecule has 0 aliphatic heterocycles. The highest BCUT2D eigenvalue weighted by atomic mass is 79.9. The number of hydrogen-bond acceptors (Lipinski definition) is 3. The summed E-state index contributed by atoms with van der Waals surface area (Å²) in [5, 5.41) is 0.727. The Hall–Kier alpha value is -0.400. The highest BCUT2D eigenvalue weighted by Gasteiger charge is 2.38. The molecule has 5 nitrogen and oxygen atoms in total. The van der Waals surface area contributed by atoms with Crippen molar-refractivity contribution >= 4 is 26.0 Å². The Kier molecular flexibility index (Phi) is 4.37. The molecule has 2 atom stereocenters. The van der Waals surface area contributed by atoms with Crippen LogP contribution >= 0.6 is 15.9 Å². The molecular formula is C12H20BrN3O2S. The van der Waals surface area contributed by atoms with Gasteiger partial charge in [-0.2, -0.15) is 0 Å². The van der Waals surface area contributed by atoms with Crippen molar-refractivity contribution in [3.05, 3.63) is 12.5 Å². The van der Waals surface area contributed by atoms with E-state index in [1.165, 1.54) is 18.9 Å². The van der Waals surface area contributed by atoms with Crippen molar-refractivity contribution in [2.24, 2.45) is 13.0 Å². The maximum absolute atomic E-state index is 12.4. The molecule has 0 amide bonds. The third-order valence-corrected chi connectivity index (χ3v) is 6.19. The van der Waals surface area contributed by atoms with Crippen LogP contribution in [-0.4, -0.2) is 28.8 Å². The van der Waals surface area contributed by atoms with Crippen molar-refractivity contribution in [3.63, 3.8) is 0 Å². The first kappa shape index (κ1) is 15.0. The fourth-order valence-corrected chi connectivity index (χ4v) is 5.02. The van der Waals surface area contributed by atoms with Crippen molar-refractivity contribution in [2.45, 2.75) is 43.2 Å². The summed E-state index contributed by atoms with van der Waals surface area (Å²) in [6, 6.07) is 0. The first-order chi connectivity index (χ1) is 8.87. The first-order valence-corrected chi connectivity index (χ1v) is 9.05. The molecular weight excluding hydrogens is 330 g/mol. The lowest BCUT2D eigenvalue weighted by Crippen LogP contribution is -2.52. The third kappa shape index (κ3) is 3.38. The number of aryl methyl sites for hydroxylation is 1. The zero-order valence-electron chi connectivity index (χ0n) is 11.3. The van der Waals surface area contributed by atoms with E-state index in [0.717, 1.165) is 19.3 Å². The summed E-state index contributed by atoms with van der Waals surface area (Å²) >= 11 is 3.47. The summed E-state index contributed by atoms with van der Waals surface area (Å²) in [6.07, 6.45) is 6.98. The van der Waals surface area contributed by atoms with E-state index in [-0.39, 0.29) is 10.6 Å². The van der Waals surface area contributed by atoms with Gasteiger partial charge in [-0.1, -0.05) is 35.7 Å². The zero-order valence-corrected chi connectivity index (χ0v) is 13.7. The van der Waals surface area contributed by atoms with Crippen LogP contribution in [-0.2, 0) is 17.1 Å². The zero-order chi connectivity index (χ0) is 14.1. The molecule has 1 N–H and O–H groups in total. The Morgan fingerprint density at radius 1 is 1.63 bits per heavy atom. The van der Waals surface area contributed by atoms with E-state index >= 15 is 0 Å². The van der Waals surface area contributed by atoms with Crippen LogP contribution < -0.4 is 4.72 Å². The molecule has 0 bridgehead atoms. The fourth-order valence-electron chi connectivity index (χ4n) is 2.77. The molecule has 1 fully saturated rings. The number of nitrogens with one attached hydrogen (secondary N) is 1. The molecule has 1 aliphatic rings. The first-order valence-electron chi connectivity index (χ1n) is 6.45.